The van der Waals surface area contributed by atoms with Gasteiger partial charge in [0.2, 0.25) is 0 Å². The Morgan fingerprint density at radius 2 is 2.00 bits per heavy atom. The molecule has 0 radical (unpaired) electrons. The third-order valence-electron chi connectivity index (χ3n) is 3.60. The lowest BCUT2D eigenvalue weighted by molar-refractivity contribution is 0.0786. The van der Waals surface area contributed by atoms with E-state index in [4.69, 9.17) is 10.2 Å². The molecular weight excluding hydrogens is 325 g/mol. The summed E-state index contributed by atoms with van der Waals surface area (Å²) in [6.45, 7) is 3.28. The normalized spacial score (nSPS) is 16.8. The number of likely N-dealkylation sites (tertiary alicyclic amines) is 1. The second kappa shape index (κ2) is 7.63. The Hall–Kier alpha value is -1.56. The van der Waals surface area contributed by atoms with Gasteiger partial charge in [0.1, 0.15) is 0 Å². The number of nitrogens with two attached hydrogens (primary N) is 1. The van der Waals surface area contributed by atoms with E-state index in [9.17, 15) is 4.79 Å². The second-order valence-corrected chi connectivity index (χ2v) is 5.20. The monoisotopic (exact) mass is 343 g/mol. The first kappa shape index (κ1) is 18.5. The number of halogens is 2. The minimum Gasteiger partial charge on any atom is -0.443 e. The van der Waals surface area contributed by atoms with Crippen LogP contribution in [0.3, 0.4) is 0 Å². The molecule has 1 atom stereocenters. The van der Waals surface area contributed by atoms with E-state index in [0.717, 1.165) is 17.5 Å². The number of nitrogens with zero attached hydrogens (tertiary/aromatic N) is 2. The topological polar surface area (TPSA) is 72.4 Å². The van der Waals surface area contributed by atoms with Crippen LogP contribution in [0, 0.1) is 6.92 Å². The third-order valence-corrected chi connectivity index (χ3v) is 3.60. The van der Waals surface area contributed by atoms with Crippen LogP contribution in [0.25, 0.3) is 11.3 Å². The van der Waals surface area contributed by atoms with Gasteiger partial charge in [-0.05, 0) is 13.3 Å². The number of oxazole rings is 1. The second-order valence-electron chi connectivity index (χ2n) is 5.20. The van der Waals surface area contributed by atoms with Crippen LogP contribution >= 0.6 is 24.8 Å². The predicted octanol–water partition coefficient (Wildman–Crippen LogP) is 2.67. The Kier molecular flexibility index (Phi) is 6.41. The highest BCUT2D eigenvalue weighted by Crippen LogP contribution is 2.25. The van der Waals surface area contributed by atoms with E-state index >= 15 is 0 Å². The number of hydrogen-bond acceptors (Lipinski definition) is 4. The Balaban J connectivity index is 0.00000121. The van der Waals surface area contributed by atoms with Crippen LogP contribution in [-0.2, 0) is 0 Å². The molecule has 2 N–H and O–H groups in total. The van der Waals surface area contributed by atoms with Crippen LogP contribution in [0.5, 0.6) is 0 Å². The van der Waals surface area contributed by atoms with Crippen molar-refractivity contribution in [1.29, 1.82) is 0 Å². The molecule has 7 heteroatoms. The average molecular weight is 344 g/mol. The zero-order chi connectivity index (χ0) is 14.1. The molecule has 1 aliphatic rings. The standard InChI is InChI=1S/C15H17N3O2.2ClH/c1-10-2-4-11(5-3-10)14-13(17-9-20-14)15(19)18-7-6-12(16)8-18;;/h2-5,9,12H,6-8,16H2,1H3;2*1H. The van der Waals surface area contributed by atoms with Gasteiger partial charge in [-0.25, -0.2) is 4.98 Å². The molecule has 120 valence electrons. The highest BCUT2D eigenvalue weighted by atomic mass is 35.5. The summed E-state index contributed by atoms with van der Waals surface area (Å²) in [6.07, 6.45) is 2.15. The van der Waals surface area contributed by atoms with Gasteiger partial charge in [-0.3, -0.25) is 4.79 Å². The molecule has 22 heavy (non-hydrogen) atoms. The smallest absolute Gasteiger partial charge is 0.276 e. The summed E-state index contributed by atoms with van der Waals surface area (Å²) in [7, 11) is 0. The van der Waals surface area contributed by atoms with E-state index in [-0.39, 0.29) is 36.8 Å². The quantitative estimate of drug-likeness (QED) is 0.909. The third kappa shape index (κ3) is 3.61. The Bertz CT molecular complexity index is 628. The highest BCUT2D eigenvalue weighted by molar-refractivity contribution is 5.97. The van der Waals surface area contributed by atoms with E-state index in [0.29, 0.717) is 24.5 Å². The van der Waals surface area contributed by atoms with Crippen LogP contribution in [0.1, 0.15) is 22.5 Å². The molecule has 1 unspecified atom stereocenters. The van der Waals surface area contributed by atoms with Crippen LogP contribution in [0.4, 0.5) is 0 Å². The lowest BCUT2D eigenvalue weighted by Gasteiger charge is -2.14. The lowest BCUT2D eigenvalue weighted by atomic mass is 10.1. The summed E-state index contributed by atoms with van der Waals surface area (Å²) < 4.78 is 5.41. The first-order valence-corrected chi connectivity index (χ1v) is 6.70. The molecule has 0 aliphatic carbocycles. The number of carbonyl (C=O) groups is 1. The number of rotatable bonds is 2. The van der Waals surface area contributed by atoms with Gasteiger partial charge in [0, 0.05) is 24.7 Å². The van der Waals surface area contributed by atoms with Gasteiger partial charge in [-0.1, -0.05) is 29.8 Å². The number of benzene rings is 1. The van der Waals surface area contributed by atoms with Gasteiger partial charge in [0.15, 0.2) is 17.8 Å². The van der Waals surface area contributed by atoms with Crippen LogP contribution in [-0.4, -0.2) is 34.9 Å². The molecular formula is C15H19Cl2N3O2. The molecule has 2 heterocycles. The van der Waals surface area contributed by atoms with Gasteiger partial charge >= 0.3 is 0 Å². The van der Waals surface area contributed by atoms with Crippen molar-refractivity contribution in [3.8, 4) is 11.3 Å². The maximum Gasteiger partial charge on any atom is 0.276 e. The first-order valence-electron chi connectivity index (χ1n) is 6.70. The maximum atomic E-state index is 12.5. The molecule has 0 bridgehead atoms. The number of aryl methyl sites for hydroxylation is 1. The van der Waals surface area contributed by atoms with E-state index < -0.39 is 0 Å². The van der Waals surface area contributed by atoms with Crippen molar-refractivity contribution in [3.63, 3.8) is 0 Å². The van der Waals surface area contributed by atoms with Crippen molar-refractivity contribution in [1.82, 2.24) is 9.88 Å². The summed E-state index contributed by atoms with van der Waals surface area (Å²) in [4.78, 5) is 18.3. The van der Waals surface area contributed by atoms with Crippen molar-refractivity contribution in [2.75, 3.05) is 13.1 Å². The van der Waals surface area contributed by atoms with Crippen LogP contribution < -0.4 is 5.73 Å². The zero-order valence-corrected chi connectivity index (χ0v) is 13.8. The first-order chi connectivity index (χ1) is 9.65. The maximum absolute atomic E-state index is 12.5. The Labute approximate surface area is 141 Å². The summed E-state index contributed by atoms with van der Waals surface area (Å²) in [5.74, 6) is 0.415. The predicted molar refractivity (Wildman–Crippen MR) is 89.7 cm³/mol. The molecule has 1 amide bonds. The summed E-state index contributed by atoms with van der Waals surface area (Å²) >= 11 is 0. The molecule has 2 aromatic rings. The number of aromatic nitrogens is 1. The summed E-state index contributed by atoms with van der Waals surface area (Å²) in [6, 6.07) is 7.90. The van der Waals surface area contributed by atoms with Gasteiger partial charge in [-0.2, -0.15) is 0 Å². The number of carbonyl (C=O) groups excluding carboxylic acids is 1. The fourth-order valence-corrected chi connectivity index (χ4v) is 2.43. The van der Waals surface area contributed by atoms with Gasteiger partial charge in [0.05, 0.1) is 0 Å². The largest absolute Gasteiger partial charge is 0.443 e. The molecule has 1 aromatic carbocycles. The molecule has 1 aliphatic heterocycles. The van der Waals surface area contributed by atoms with Crippen LogP contribution in [0.15, 0.2) is 35.1 Å². The SMILES string of the molecule is Cc1ccc(-c2ocnc2C(=O)N2CCC(N)C2)cc1.Cl.Cl. The van der Waals surface area contributed by atoms with Crippen molar-refractivity contribution < 1.29 is 9.21 Å². The fraction of sp³-hybridized carbons (Fsp3) is 0.333. The molecule has 5 nitrogen and oxygen atoms in total. The Morgan fingerprint density at radius 1 is 1.32 bits per heavy atom. The minimum absolute atomic E-state index is 0. The lowest BCUT2D eigenvalue weighted by Crippen LogP contribution is -2.32. The van der Waals surface area contributed by atoms with Gasteiger partial charge in [0.25, 0.3) is 5.91 Å². The van der Waals surface area contributed by atoms with E-state index in [1.54, 1.807) is 4.90 Å². The average Bonchev–Trinajstić information content (AvgIpc) is 3.07. The van der Waals surface area contributed by atoms with Crippen molar-refractivity contribution >= 4 is 30.7 Å². The fourth-order valence-electron chi connectivity index (χ4n) is 2.43. The number of hydrogen-bond donors (Lipinski definition) is 1. The zero-order valence-electron chi connectivity index (χ0n) is 12.2. The van der Waals surface area contributed by atoms with E-state index in [1.807, 2.05) is 31.2 Å². The Morgan fingerprint density at radius 3 is 2.59 bits per heavy atom. The highest BCUT2D eigenvalue weighted by Gasteiger charge is 2.28. The van der Waals surface area contributed by atoms with Crippen molar-refractivity contribution in [2.24, 2.45) is 5.73 Å². The molecule has 0 spiro atoms. The molecule has 1 saturated heterocycles. The molecule has 1 aromatic heterocycles. The minimum atomic E-state index is -0.109. The molecule has 1 fully saturated rings. The van der Waals surface area contributed by atoms with Gasteiger partial charge < -0.3 is 15.1 Å². The van der Waals surface area contributed by atoms with E-state index in [2.05, 4.69) is 4.98 Å². The molecule has 3 rings (SSSR count). The van der Waals surface area contributed by atoms with Gasteiger partial charge in [-0.15, -0.1) is 24.8 Å². The summed E-state index contributed by atoms with van der Waals surface area (Å²) in [5, 5.41) is 0. The van der Waals surface area contributed by atoms with Crippen molar-refractivity contribution in [3.05, 3.63) is 41.9 Å². The van der Waals surface area contributed by atoms with Crippen molar-refractivity contribution in [2.45, 2.75) is 19.4 Å². The van der Waals surface area contributed by atoms with Crippen LogP contribution in [0.2, 0.25) is 0 Å². The summed E-state index contributed by atoms with van der Waals surface area (Å²) in [5.41, 5.74) is 8.23. The number of amides is 1. The van der Waals surface area contributed by atoms with E-state index in [1.165, 1.54) is 6.39 Å². The molecule has 0 saturated carbocycles.